The van der Waals surface area contributed by atoms with E-state index < -0.39 is 6.04 Å². The summed E-state index contributed by atoms with van der Waals surface area (Å²) in [5, 5.41) is 6.31. The van der Waals surface area contributed by atoms with Crippen LogP contribution in [0.3, 0.4) is 0 Å². The highest BCUT2D eigenvalue weighted by Crippen LogP contribution is 2.30. The molecule has 2 amide bonds. The molecule has 6 heteroatoms. The van der Waals surface area contributed by atoms with Gasteiger partial charge in [0.05, 0.1) is 6.42 Å². The third-order valence-electron chi connectivity index (χ3n) is 6.46. The van der Waals surface area contributed by atoms with Crippen LogP contribution in [0.5, 0.6) is 0 Å². The molecule has 0 saturated carbocycles. The lowest BCUT2D eigenvalue weighted by Gasteiger charge is -2.25. The summed E-state index contributed by atoms with van der Waals surface area (Å²) in [5.41, 5.74) is 3.40. The van der Waals surface area contributed by atoms with E-state index in [0.29, 0.717) is 25.9 Å². The highest BCUT2D eigenvalue weighted by atomic mass is 32.1. The lowest BCUT2D eigenvalue weighted by molar-refractivity contribution is -0.137. The van der Waals surface area contributed by atoms with Gasteiger partial charge in [0.25, 0.3) is 0 Å². The van der Waals surface area contributed by atoms with Gasteiger partial charge in [-0.15, -0.1) is 11.3 Å². The van der Waals surface area contributed by atoms with E-state index in [1.165, 1.54) is 0 Å². The van der Waals surface area contributed by atoms with Crippen molar-refractivity contribution >= 4 is 34.1 Å². The molecule has 1 saturated heterocycles. The molecule has 1 fully saturated rings. The summed E-state index contributed by atoms with van der Waals surface area (Å²) >= 11 is 1.58. The molecule has 2 atom stereocenters. The maximum Gasteiger partial charge on any atom is 0.242 e. The van der Waals surface area contributed by atoms with Crippen LogP contribution in [0.25, 0.3) is 10.9 Å². The monoisotopic (exact) mass is 457 g/mol. The van der Waals surface area contributed by atoms with Crippen LogP contribution in [0.15, 0.2) is 78.3 Å². The molecular weight excluding hydrogens is 430 g/mol. The van der Waals surface area contributed by atoms with Crippen molar-refractivity contribution in [1.82, 2.24) is 15.2 Å². The standard InChI is InChI=1S/C27H27N3O2S/c31-26(16-20-10-7-15-33-20)30-14-6-13-25(30)27(32)29-17-22(19-8-2-1-3-9-19)23-18-28-24-12-5-4-11-21(23)24/h1-5,7-12,15,18,22,25,28H,6,13-14,16-17H2,(H,29,32). The molecule has 0 radical (unpaired) electrons. The van der Waals surface area contributed by atoms with Gasteiger partial charge in [-0.05, 0) is 41.5 Å². The van der Waals surface area contributed by atoms with Gasteiger partial charge < -0.3 is 15.2 Å². The van der Waals surface area contributed by atoms with E-state index in [4.69, 9.17) is 0 Å². The molecule has 0 bridgehead atoms. The van der Waals surface area contributed by atoms with E-state index in [1.54, 1.807) is 16.2 Å². The Morgan fingerprint density at radius 3 is 2.70 bits per heavy atom. The van der Waals surface area contributed by atoms with Gasteiger partial charge >= 0.3 is 0 Å². The van der Waals surface area contributed by atoms with Crippen LogP contribution in [-0.2, 0) is 16.0 Å². The van der Waals surface area contributed by atoms with Gasteiger partial charge in [-0.1, -0.05) is 54.6 Å². The Morgan fingerprint density at radius 1 is 1.06 bits per heavy atom. The van der Waals surface area contributed by atoms with Crippen LogP contribution in [0.2, 0.25) is 0 Å². The molecule has 4 aromatic rings. The molecular formula is C27H27N3O2S. The number of carbonyl (C=O) groups excluding carboxylic acids is 2. The first-order valence-corrected chi connectivity index (χ1v) is 12.3. The number of carbonyl (C=O) groups is 2. The van der Waals surface area contributed by atoms with Crippen molar-refractivity contribution in [2.24, 2.45) is 0 Å². The maximum absolute atomic E-state index is 13.2. The van der Waals surface area contributed by atoms with Gasteiger partial charge in [-0.25, -0.2) is 0 Å². The number of fused-ring (bicyclic) bond motifs is 1. The van der Waals surface area contributed by atoms with Gasteiger partial charge in [-0.3, -0.25) is 9.59 Å². The fraction of sp³-hybridized carbons (Fsp3) is 0.259. The second-order valence-corrected chi connectivity index (χ2v) is 9.53. The van der Waals surface area contributed by atoms with Crippen molar-refractivity contribution in [2.45, 2.75) is 31.2 Å². The van der Waals surface area contributed by atoms with Crippen molar-refractivity contribution in [3.05, 3.63) is 94.3 Å². The number of rotatable bonds is 7. The van der Waals surface area contributed by atoms with Crippen molar-refractivity contribution in [2.75, 3.05) is 13.1 Å². The Bertz CT molecular complexity index is 1230. The fourth-order valence-electron chi connectivity index (χ4n) is 4.80. The van der Waals surface area contributed by atoms with Crippen molar-refractivity contribution in [1.29, 1.82) is 0 Å². The summed E-state index contributed by atoms with van der Waals surface area (Å²) in [6.45, 7) is 1.13. The van der Waals surface area contributed by atoms with Gasteiger partial charge in [0.1, 0.15) is 6.04 Å². The van der Waals surface area contributed by atoms with Gasteiger partial charge in [-0.2, -0.15) is 0 Å². The predicted octanol–water partition coefficient (Wildman–Crippen LogP) is 4.71. The Balaban J connectivity index is 1.33. The smallest absolute Gasteiger partial charge is 0.242 e. The number of thiophene rings is 1. The number of H-pyrrole nitrogens is 1. The van der Waals surface area contributed by atoms with E-state index >= 15 is 0 Å². The number of benzene rings is 2. The zero-order chi connectivity index (χ0) is 22.6. The lowest BCUT2D eigenvalue weighted by atomic mass is 9.91. The highest BCUT2D eigenvalue weighted by molar-refractivity contribution is 7.10. The average Bonchev–Trinajstić information content (AvgIpc) is 3.61. The topological polar surface area (TPSA) is 65.2 Å². The van der Waals surface area contributed by atoms with Crippen LogP contribution >= 0.6 is 11.3 Å². The number of aromatic nitrogens is 1. The minimum atomic E-state index is -0.392. The molecule has 3 heterocycles. The normalized spacial score (nSPS) is 16.7. The minimum Gasteiger partial charge on any atom is -0.361 e. The average molecular weight is 458 g/mol. The van der Waals surface area contributed by atoms with E-state index in [0.717, 1.165) is 33.3 Å². The number of para-hydroxylation sites is 1. The SMILES string of the molecule is O=C(NCC(c1ccccc1)c1c[nH]c2ccccc12)C1CCCN1C(=O)Cc1cccs1. The van der Waals surface area contributed by atoms with Crippen molar-refractivity contribution < 1.29 is 9.59 Å². The molecule has 0 aliphatic carbocycles. The number of amides is 2. The summed E-state index contributed by atoms with van der Waals surface area (Å²) in [4.78, 5) is 32.2. The summed E-state index contributed by atoms with van der Waals surface area (Å²) in [7, 11) is 0. The largest absolute Gasteiger partial charge is 0.361 e. The molecule has 0 spiro atoms. The van der Waals surface area contributed by atoms with Gasteiger partial charge in [0.15, 0.2) is 0 Å². The predicted molar refractivity (Wildman–Crippen MR) is 132 cm³/mol. The molecule has 1 aliphatic rings. The van der Waals surface area contributed by atoms with Crippen LogP contribution in [-0.4, -0.2) is 40.8 Å². The second-order valence-electron chi connectivity index (χ2n) is 8.50. The third kappa shape index (κ3) is 4.57. The van der Waals surface area contributed by atoms with Crippen LogP contribution in [0, 0.1) is 0 Å². The first kappa shape index (κ1) is 21.5. The van der Waals surface area contributed by atoms with Crippen molar-refractivity contribution in [3.63, 3.8) is 0 Å². The number of hydrogen-bond donors (Lipinski definition) is 2. The minimum absolute atomic E-state index is 0.0166. The van der Waals surface area contributed by atoms with E-state index in [-0.39, 0.29) is 17.7 Å². The first-order chi connectivity index (χ1) is 16.2. The molecule has 1 aliphatic heterocycles. The molecule has 2 N–H and O–H groups in total. The first-order valence-electron chi connectivity index (χ1n) is 11.4. The van der Waals surface area contributed by atoms with E-state index in [9.17, 15) is 9.59 Å². The second kappa shape index (κ2) is 9.63. The van der Waals surface area contributed by atoms with E-state index in [1.807, 2.05) is 54.0 Å². The summed E-state index contributed by atoms with van der Waals surface area (Å²) < 4.78 is 0. The van der Waals surface area contributed by atoms with Gasteiger partial charge in [0.2, 0.25) is 11.8 Å². The van der Waals surface area contributed by atoms with Crippen LogP contribution in [0.4, 0.5) is 0 Å². The summed E-state index contributed by atoms with van der Waals surface area (Å²) in [5.74, 6) is -0.0119. The Morgan fingerprint density at radius 2 is 1.88 bits per heavy atom. The zero-order valence-corrected chi connectivity index (χ0v) is 19.2. The fourth-order valence-corrected chi connectivity index (χ4v) is 5.49. The molecule has 2 aromatic heterocycles. The van der Waals surface area contributed by atoms with Crippen molar-refractivity contribution in [3.8, 4) is 0 Å². The Hall–Kier alpha value is -3.38. The van der Waals surface area contributed by atoms with Crippen LogP contribution in [0.1, 0.15) is 34.8 Å². The number of nitrogens with one attached hydrogen (secondary N) is 2. The molecule has 168 valence electrons. The lowest BCUT2D eigenvalue weighted by Crippen LogP contribution is -2.47. The molecule has 5 nitrogen and oxygen atoms in total. The molecule has 2 aromatic carbocycles. The Labute approximate surface area is 197 Å². The summed E-state index contributed by atoms with van der Waals surface area (Å²) in [6.07, 6.45) is 3.98. The third-order valence-corrected chi connectivity index (χ3v) is 7.34. The Kier molecular flexibility index (Phi) is 6.26. The van der Waals surface area contributed by atoms with E-state index in [2.05, 4.69) is 34.6 Å². The quantitative estimate of drug-likeness (QED) is 0.422. The number of nitrogens with zero attached hydrogens (tertiary/aromatic N) is 1. The highest BCUT2D eigenvalue weighted by Gasteiger charge is 2.34. The summed E-state index contributed by atoms with van der Waals surface area (Å²) in [6, 6.07) is 22.0. The zero-order valence-electron chi connectivity index (χ0n) is 18.4. The van der Waals surface area contributed by atoms with Crippen LogP contribution < -0.4 is 5.32 Å². The molecule has 5 rings (SSSR count). The molecule has 33 heavy (non-hydrogen) atoms. The number of likely N-dealkylation sites (tertiary alicyclic amines) is 1. The number of hydrogen-bond acceptors (Lipinski definition) is 3. The number of aromatic amines is 1. The van der Waals surface area contributed by atoms with Gasteiger partial charge in [0, 0.05) is 41.0 Å². The maximum atomic E-state index is 13.2. The molecule has 2 unspecified atom stereocenters.